The molecule has 0 unspecified atom stereocenters. The molecule has 0 fully saturated rings. The smallest absolute Gasteiger partial charge is 0.415 e. The lowest BCUT2D eigenvalue weighted by Crippen LogP contribution is -2.40. The molecule has 1 aliphatic rings. The van der Waals surface area contributed by atoms with E-state index in [0.29, 0.717) is 12.3 Å². The van der Waals surface area contributed by atoms with Gasteiger partial charge in [-0.2, -0.15) is 5.26 Å². The van der Waals surface area contributed by atoms with Crippen LogP contribution in [0.25, 0.3) is 6.08 Å². The van der Waals surface area contributed by atoms with Gasteiger partial charge in [-0.3, -0.25) is 4.90 Å². The van der Waals surface area contributed by atoms with Gasteiger partial charge < -0.3 is 4.74 Å². The van der Waals surface area contributed by atoms with Crippen molar-refractivity contribution in [3.05, 3.63) is 35.9 Å². The van der Waals surface area contributed by atoms with Crippen LogP contribution in [0.3, 0.4) is 0 Å². The molecule has 1 atom stereocenters. The van der Waals surface area contributed by atoms with Gasteiger partial charge in [0.15, 0.2) is 0 Å². The van der Waals surface area contributed by atoms with Crippen molar-refractivity contribution in [1.29, 1.82) is 5.26 Å². The number of para-hydroxylation sites is 1. The van der Waals surface area contributed by atoms with Crippen molar-refractivity contribution in [2.45, 2.75) is 13.0 Å². The zero-order chi connectivity index (χ0) is 12.3. The van der Waals surface area contributed by atoms with E-state index >= 15 is 0 Å². The number of ether oxygens (including phenoxy) is 1. The lowest BCUT2D eigenvalue weighted by Gasteiger charge is -2.28. The summed E-state index contributed by atoms with van der Waals surface area (Å²) in [5.41, 5.74) is 1.62. The third-order valence-electron chi connectivity index (χ3n) is 2.53. The van der Waals surface area contributed by atoms with Crippen molar-refractivity contribution in [3.8, 4) is 6.07 Å². The normalized spacial score (nSPS) is 17.2. The molecule has 1 aromatic rings. The SMILES string of the molecule is CCOC(=O)N1c2ccccc2C=C[C@H]1C#N. The average Bonchev–Trinajstić information content (AvgIpc) is 2.37. The molecule has 0 aliphatic carbocycles. The lowest BCUT2D eigenvalue weighted by atomic mass is 10.0. The number of nitriles is 1. The van der Waals surface area contributed by atoms with E-state index in [-0.39, 0.29) is 0 Å². The summed E-state index contributed by atoms with van der Waals surface area (Å²) in [5.74, 6) is 0. The zero-order valence-corrected chi connectivity index (χ0v) is 9.46. The van der Waals surface area contributed by atoms with Crippen LogP contribution in [0.1, 0.15) is 12.5 Å². The predicted octanol–water partition coefficient (Wildman–Crippen LogP) is 2.57. The summed E-state index contributed by atoms with van der Waals surface area (Å²) in [6.07, 6.45) is 3.05. The maximum absolute atomic E-state index is 11.8. The van der Waals surface area contributed by atoms with Crippen molar-refractivity contribution in [3.63, 3.8) is 0 Å². The summed E-state index contributed by atoms with van der Waals surface area (Å²) >= 11 is 0. The number of hydrogen-bond donors (Lipinski definition) is 0. The highest BCUT2D eigenvalue weighted by atomic mass is 16.6. The minimum absolute atomic E-state index is 0.291. The Kier molecular flexibility index (Phi) is 3.10. The van der Waals surface area contributed by atoms with Crippen molar-refractivity contribution in [2.24, 2.45) is 0 Å². The zero-order valence-electron chi connectivity index (χ0n) is 9.46. The van der Waals surface area contributed by atoms with Crippen LogP contribution in [0.4, 0.5) is 10.5 Å². The topological polar surface area (TPSA) is 53.3 Å². The number of benzene rings is 1. The Morgan fingerprint density at radius 2 is 2.29 bits per heavy atom. The summed E-state index contributed by atoms with van der Waals surface area (Å²) in [4.78, 5) is 13.2. The van der Waals surface area contributed by atoms with Gasteiger partial charge in [0.25, 0.3) is 0 Å². The molecule has 4 heteroatoms. The first-order chi connectivity index (χ1) is 8.27. The average molecular weight is 228 g/mol. The van der Waals surface area contributed by atoms with Gasteiger partial charge in [-0.25, -0.2) is 4.79 Å². The Morgan fingerprint density at radius 3 is 3.00 bits per heavy atom. The minimum atomic E-state index is -0.607. The van der Waals surface area contributed by atoms with E-state index in [1.165, 1.54) is 4.90 Å². The molecule has 1 amide bonds. The van der Waals surface area contributed by atoms with Crippen LogP contribution >= 0.6 is 0 Å². The predicted molar refractivity (Wildman–Crippen MR) is 64.4 cm³/mol. The molecule has 0 aromatic heterocycles. The van der Waals surface area contributed by atoms with Gasteiger partial charge >= 0.3 is 6.09 Å². The third-order valence-corrected chi connectivity index (χ3v) is 2.53. The highest BCUT2D eigenvalue weighted by Gasteiger charge is 2.28. The Balaban J connectivity index is 2.43. The van der Waals surface area contributed by atoms with Crippen LogP contribution in [0, 0.1) is 11.3 Å². The molecule has 86 valence electrons. The number of carbonyl (C=O) groups excluding carboxylic acids is 1. The molecular weight excluding hydrogens is 216 g/mol. The van der Waals surface area contributed by atoms with Crippen molar-refractivity contribution >= 4 is 17.9 Å². The molecule has 1 heterocycles. The van der Waals surface area contributed by atoms with E-state index in [1.54, 1.807) is 19.1 Å². The monoisotopic (exact) mass is 228 g/mol. The fourth-order valence-corrected chi connectivity index (χ4v) is 1.78. The van der Waals surface area contributed by atoms with Crippen molar-refractivity contribution < 1.29 is 9.53 Å². The molecule has 0 radical (unpaired) electrons. The number of nitrogens with zero attached hydrogens (tertiary/aromatic N) is 2. The van der Waals surface area contributed by atoms with Gasteiger partial charge in [0.05, 0.1) is 18.4 Å². The van der Waals surface area contributed by atoms with Crippen molar-refractivity contribution in [2.75, 3.05) is 11.5 Å². The number of anilines is 1. The maximum Gasteiger partial charge on any atom is 0.415 e. The fraction of sp³-hybridized carbons (Fsp3) is 0.231. The first-order valence-electron chi connectivity index (χ1n) is 5.40. The maximum atomic E-state index is 11.8. The number of rotatable bonds is 1. The molecule has 0 saturated carbocycles. The molecule has 0 bridgehead atoms. The van der Waals surface area contributed by atoms with Crippen LogP contribution in [0.5, 0.6) is 0 Å². The van der Waals surface area contributed by atoms with E-state index in [9.17, 15) is 4.79 Å². The number of hydrogen-bond acceptors (Lipinski definition) is 3. The molecule has 0 spiro atoms. The number of amides is 1. The van der Waals surface area contributed by atoms with Crippen LogP contribution in [0.15, 0.2) is 30.3 Å². The van der Waals surface area contributed by atoms with Crippen molar-refractivity contribution in [1.82, 2.24) is 0 Å². The largest absolute Gasteiger partial charge is 0.449 e. The van der Waals surface area contributed by atoms with E-state index in [4.69, 9.17) is 10.00 Å². The molecule has 0 N–H and O–H groups in total. The first-order valence-corrected chi connectivity index (χ1v) is 5.40. The summed E-state index contributed by atoms with van der Waals surface area (Å²) in [5, 5.41) is 9.05. The van der Waals surface area contributed by atoms with E-state index in [2.05, 4.69) is 6.07 Å². The van der Waals surface area contributed by atoms with E-state index in [0.717, 1.165) is 5.56 Å². The summed E-state index contributed by atoms with van der Waals surface area (Å²) < 4.78 is 4.97. The second-order valence-corrected chi connectivity index (χ2v) is 3.56. The standard InChI is InChI=1S/C13H12N2O2/c1-2-17-13(16)15-11(9-14)8-7-10-5-3-4-6-12(10)15/h3-8,11H,2H2,1H3/t11-/m0/s1. The number of carbonyl (C=O) groups is 1. The molecule has 17 heavy (non-hydrogen) atoms. The lowest BCUT2D eigenvalue weighted by molar-refractivity contribution is 0.159. The molecule has 4 nitrogen and oxygen atoms in total. The van der Waals surface area contributed by atoms with Crippen LogP contribution in [0.2, 0.25) is 0 Å². The molecule has 0 saturated heterocycles. The Hall–Kier alpha value is -2.28. The molecule has 2 rings (SSSR count). The summed E-state index contributed by atoms with van der Waals surface area (Å²) in [6.45, 7) is 2.03. The van der Waals surface area contributed by atoms with Crippen LogP contribution in [-0.2, 0) is 4.74 Å². The minimum Gasteiger partial charge on any atom is -0.449 e. The van der Waals surface area contributed by atoms with E-state index < -0.39 is 12.1 Å². The highest BCUT2D eigenvalue weighted by Crippen LogP contribution is 2.29. The third kappa shape index (κ3) is 2.00. The second-order valence-electron chi connectivity index (χ2n) is 3.56. The van der Waals surface area contributed by atoms with Gasteiger partial charge in [0.2, 0.25) is 0 Å². The molecular formula is C13H12N2O2. The summed E-state index contributed by atoms with van der Waals surface area (Å²) in [7, 11) is 0. The quantitative estimate of drug-likeness (QED) is 0.742. The second kappa shape index (κ2) is 4.71. The fourth-order valence-electron chi connectivity index (χ4n) is 1.78. The Bertz CT molecular complexity index is 502. The summed E-state index contributed by atoms with van der Waals surface area (Å²) in [6, 6.07) is 8.89. The van der Waals surface area contributed by atoms with Gasteiger partial charge in [-0.05, 0) is 24.6 Å². The molecule has 1 aliphatic heterocycles. The van der Waals surface area contributed by atoms with Crippen LogP contribution < -0.4 is 4.90 Å². The van der Waals surface area contributed by atoms with Gasteiger partial charge in [-0.1, -0.05) is 24.3 Å². The van der Waals surface area contributed by atoms with Gasteiger partial charge in [0.1, 0.15) is 6.04 Å². The van der Waals surface area contributed by atoms with Crippen LogP contribution in [-0.4, -0.2) is 18.7 Å². The number of fused-ring (bicyclic) bond motifs is 1. The molecule has 1 aromatic carbocycles. The van der Waals surface area contributed by atoms with E-state index in [1.807, 2.05) is 24.3 Å². The Labute approximate surface area is 99.7 Å². The van der Waals surface area contributed by atoms with Gasteiger partial charge in [-0.15, -0.1) is 0 Å². The Morgan fingerprint density at radius 1 is 1.53 bits per heavy atom. The van der Waals surface area contributed by atoms with Gasteiger partial charge in [0, 0.05) is 0 Å². The first kappa shape index (κ1) is 11.2. The highest BCUT2D eigenvalue weighted by molar-refractivity contribution is 5.94.